The molecule has 8 nitrogen and oxygen atoms in total. The molecule has 170 valence electrons. The van der Waals surface area contributed by atoms with E-state index < -0.39 is 24.0 Å². The fourth-order valence-electron chi connectivity index (χ4n) is 3.07. The number of amides is 2. The molecule has 1 aromatic carbocycles. The summed E-state index contributed by atoms with van der Waals surface area (Å²) in [4.78, 5) is 45.4. The Hall–Kier alpha value is -3.55. The van der Waals surface area contributed by atoms with Crippen LogP contribution in [0.25, 0.3) is 0 Å². The van der Waals surface area contributed by atoms with Crippen LogP contribution in [0.3, 0.4) is 0 Å². The van der Waals surface area contributed by atoms with E-state index in [0.29, 0.717) is 12.8 Å². The maximum Gasteiger partial charge on any atom is 0.330 e. The highest BCUT2D eigenvalue weighted by molar-refractivity contribution is 5.96. The SMILES string of the molecule is CCOC(=O)/C=C/C(CC(C)C)NC(=O)C(Cc1ccccc1)NC(=O)c1cnccn1. The first-order valence-corrected chi connectivity index (χ1v) is 10.6. The smallest absolute Gasteiger partial charge is 0.330 e. The Morgan fingerprint density at radius 1 is 1.09 bits per heavy atom. The normalized spacial score (nSPS) is 12.9. The van der Waals surface area contributed by atoms with Crippen molar-refractivity contribution in [3.05, 3.63) is 72.3 Å². The first-order chi connectivity index (χ1) is 15.4. The zero-order valence-electron chi connectivity index (χ0n) is 18.7. The summed E-state index contributed by atoms with van der Waals surface area (Å²) in [6.07, 6.45) is 8.10. The van der Waals surface area contributed by atoms with Gasteiger partial charge < -0.3 is 15.4 Å². The lowest BCUT2D eigenvalue weighted by molar-refractivity contribution is -0.137. The largest absolute Gasteiger partial charge is 0.463 e. The Morgan fingerprint density at radius 3 is 2.47 bits per heavy atom. The van der Waals surface area contributed by atoms with Gasteiger partial charge in [-0.05, 0) is 24.8 Å². The highest BCUT2D eigenvalue weighted by atomic mass is 16.5. The lowest BCUT2D eigenvalue weighted by Gasteiger charge is -2.23. The number of ether oxygens (including phenoxy) is 1. The van der Waals surface area contributed by atoms with Crippen molar-refractivity contribution in [1.29, 1.82) is 0 Å². The van der Waals surface area contributed by atoms with Crippen LogP contribution in [-0.4, -0.2) is 46.4 Å². The minimum atomic E-state index is -0.836. The van der Waals surface area contributed by atoms with Gasteiger partial charge in [0.25, 0.3) is 5.91 Å². The van der Waals surface area contributed by atoms with Crippen molar-refractivity contribution < 1.29 is 19.1 Å². The topological polar surface area (TPSA) is 110 Å². The number of nitrogens with zero attached hydrogens (tertiary/aromatic N) is 2. The molecule has 0 spiro atoms. The standard InChI is InChI=1S/C24H30N4O4/c1-4-32-22(29)11-10-19(14-17(2)3)27-23(30)20(15-18-8-6-5-7-9-18)28-24(31)21-16-25-12-13-26-21/h5-13,16-17,19-20H,4,14-15H2,1-3H3,(H,27,30)(H,28,31)/b11-10+. The van der Waals surface area contributed by atoms with E-state index in [0.717, 1.165) is 5.56 Å². The van der Waals surface area contributed by atoms with E-state index >= 15 is 0 Å². The maximum absolute atomic E-state index is 13.2. The predicted octanol–water partition coefficient (Wildman–Crippen LogP) is 2.47. The second-order valence-electron chi connectivity index (χ2n) is 7.66. The number of benzene rings is 1. The van der Waals surface area contributed by atoms with E-state index in [-0.39, 0.29) is 24.1 Å². The highest BCUT2D eigenvalue weighted by Crippen LogP contribution is 2.09. The van der Waals surface area contributed by atoms with Crippen LogP contribution < -0.4 is 10.6 Å². The molecule has 2 unspecified atom stereocenters. The molecule has 0 fully saturated rings. The Labute approximate surface area is 188 Å². The van der Waals surface area contributed by atoms with Gasteiger partial charge in [0.1, 0.15) is 11.7 Å². The monoisotopic (exact) mass is 438 g/mol. The zero-order chi connectivity index (χ0) is 23.3. The molecule has 2 rings (SSSR count). The van der Waals surface area contributed by atoms with E-state index in [1.165, 1.54) is 24.7 Å². The van der Waals surface area contributed by atoms with Crippen molar-refractivity contribution in [3.63, 3.8) is 0 Å². The average Bonchev–Trinajstić information content (AvgIpc) is 2.78. The minimum Gasteiger partial charge on any atom is -0.463 e. The summed E-state index contributed by atoms with van der Waals surface area (Å²) in [7, 11) is 0. The third kappa shape index (κ3) is 8.67. The number of hydrogen-bond acceptors (Lipinski definition) is 6. The molecule has 1 aromatic heterocycles. The lowest BCUT2D eigenvalue weighted by atomic mass is 10.0. The van der Waals surface area contributed by atoms with Crippen molar-refractivity contribution in [2.24, 2.45) is 5.92 Å². The summed E-state index contributed by atoms with van der Waals surface area (Å²) in [5, 5.41) is 5.69. The molecule has 2 atom stereocenters. The van der Waals surface area contributed by atoms with Gasteiger partial charge >= 0.3 is 5.97 Å². The Balaban J connectivity index is 2.18. The van der Waals surface area contributed by atoms with E-state index in [1.807, 2.05) is 44.2 Å². The van der Waals surface area contributed by atoms with Crippen LogP contribution in [0.5, 0.6) is 0 Å². The Kier molecular flexibility index (Phi) is 10.0. The van der Waals surface area contributed by atoms with Crippen molar-refractivity contribution in [1.82, 2.24) is 20.6 Å². The molecular formula is C24H30N4O4. The minimum absolute atomic E-state index is 0.124. The van der Waals surface area contributed by atoms with Crippen molar-refractivity contribution in [3.8, 4) is 0 Å². The van der Waals surface area contributed by atoms with E-state index in [2.05, 4.69) is 20.6 Å². The molecule has 0 bridgehead atoms. The molecule has 8 heteroatoms. The van der Waals surface area contributed by atoms with E-state index in [9.17, 15) is 14.4 Å². The van der Waals surface area contributed by atoms with Crippen LogP contribution in [0.4, 0.5) is 0 Å². The molecule has 0 saturated heterocycles. The molecular weight excluding hydrogens is 408 g/mol. The van der Waals surface area contributed by atoms with Crippen molar-refractivity contribution in [2.75, 3.05) is 6.61 Å². The van der Waals surface area contributed by atoms with E-state index in [4.69, 9.17) is 4.74 Å². The summed E-state index contributed by atoms with van der Waals surface area (Å²) >= 11 is 0. The predicted molar refractivity (Wildman–Crippen MR) is 121 cm³/mol. The second-order valence-corrected chi connectivity index (χ2v) is 7.66. The fourth-order valence-corrected chi connectivity index (χ4v) is 3.07. The first kappa shape index (κ1) is 24.7. The van der Waals surface area contributed by atoms with Crippen LogP contribution in [0.2, 0.25) is 0 Å². The van der Waals surface area contributed by atoms with Gasteiger partial charge in [0.2, 0.25) is 5.91 Å². The number of aromatic nitrogens is 2. The van der Waals surface area contributed by atoms with Crippen LogP contribution in [0.15, 0.2) is 61.1 Å². The molecule has 32 heavy (non-hydrogen) atoms. The fraction of sp³-hybridized carbons (Fsp3) is 0.375. The van der Waals surface area contributed by atoms with Gasteiger partial charge in [0.15, 0.2) is 0 Å². The number of rotatable bonds is 11. The molecule has 2 amide bonds. The summed E-state index contributed by atoms with van der Waals surface area (Å²) in [6.45, 7) is 6.05. The number of hydrogen-bond donors (Lipinski definition) is 2. The number of nitrogens with one attached hydrogen (secondary N) is 2. The number of carbonyl (C=O) groups excluding carboxylic acids is 3. The third-order valence-electron chi connectivity index (χ3n) is 4.50. The zero-order valence-corrected chi connectivity index (χ0v) is 18.7. The summed E-state index contributed by atoms with van der Waals surface area (Å²) in [6, 6.07) is 8.19. The summed E-state index contributed by atoms with van der Waals surface area (Å²) < 4.78 is 4.92. The van der Waals surface area contributed by atoms with Gasteiger partial charge in [0.05, 0.1) is 12.8 Å². The van der Waals surface area contributed by atoms with Crippen LogP contribution in [-0.2, 0) is 20.7 Å². The quantitative estimate of drug-likeness (QED) is 0.412. The second kappa shape index (κ2) is 13.0. The molecule has 2 aromatic rings. The molecule has 0 aliphatic rings. The molecule has 0 radical (unpaired) electrons. The molecule has 0 saturated carbocycles. The van der Waals surface area contributed by atoms with Crippen LogP contribution in [0.1, 0.15) is 43.2 Å². The Bertz CT molecular complexity index is 901. The molecule has 1 heterocycles. The van der Waals surface area contributed by atoms with Crippen LogP contribution in [0, 0.1) is 5.92 Å². The molecule has 2 N–H and O–H groups in total. The number of esters is 1. The lowest BCUT2D eigenvalue weighted by Crippen LogP contribution is -2.50. The van der Waals surface area contributed by atoms with Gasteiger partial charge in [-0.25, -0.2) is 9.78 Å². The van der Waals surface area contributed by atoms with Crippen molar-refractivity contribution in [2.45, 2.75) is 45.7 Å². The van der Waals surface area contributed by atoms with Crippen LogP contribution >= 0.6 is 0 Å². The van der Waals surface area contributed by atoms with Crippen molar-refractivity contribution >= 4 is 17.8 Å². The molecule has 0 aliphatic heterocycles. The van der Waals surface area contributed by atoms with Gasteiger partial charge in [-0.15, -0.1) is 0 Å². The Morgan fingerprint density at radius 2 is 1.84 bits per heavy atom. The third-order valence-corrected chi connectivity index (χ3v) is 4.50. The van der Waals surface area contributed by atoms with Gasteiger partial charge in [0, 0.05) is 30.9 Å². The van der Waals surface area contributed by atoms with Gasteiger partial charge in [-0.1, -0.05) is 50.3 Å². The molecule has 0 aliphatic carbocycles. The van der Waals surface area contributed by atoms with E-state index in [1.54, 1.807) is 13.0 Å². The summed E-state index contributed by atoms with van der Waals surface area (Å²) in [5.41, 5.74) is 1.02. The first-order valence-electron chi connectivity index (χ1n) is 10.6. The van der Waals surface area contributed by atoms with Gasteiger partial charge in [-0.2, -0.15) is 0 Å². The average molecular weight is 439 g/mol. The maximum atomic E-state index is 13.2. The highest BCUT2D eigenvalue weighted by Gasteiger charge is 2.24. The van der Waals surface area contributed by atoms with Gasteiger partial charge in [-0.3, -0.25) is 14.6 Å². The summed E-state index contributed by atoms with van der Waals surface area (Å²) in [5.74, 6) is -1.04. The number of carbonyl (C=O) groups is 3.